The van der Waals surface area contributed by atoms with Crippen molar-refractivity contribution in [3.05, 3.63) is 95.1 Å². The van der Waals surface area contributed by atoms with Crippen LogP contribution in [0.3, 0.4) is 0 Å². The van der Waals surface area contributed by atoms with Gasteiger partial charge in [-0.3, -0.25) is 0 Å². The fraction of sp³-hybridized carbons (Fsp3) is 0.321. The van der Waals surface area contributed by atoms with Crippen molar-refractivity contribution in [2.24, 2.45) is 0 Å². The molecule has 0 saturated carbocycles. The molecule has 2 unspecified atom stereocenters. The minimum Gasteiger partial charge on any atom is -0.483 e. The van der Waals surface area contributed by atoms with Gasteiger partial charge in [0.1, 0.15) is 29.1 Å². The molecule has 7 heteroatoms. The molecule has 1 aliphatic rings. The van der Waals surface area contributed by atoms with Gasteiger partial charge >= 0.3 is 5.97 Å². The number of carbonyl (C=O) groups excluding carboxylic acids is 1. The van der Waals surface area contributed by atoms with E-state index in [9.17, 15) is 13.6 Å². The second kappa shape index (κ2) is 10.0. The van der Waals surface area contributed by atoms with Gasteiger partial charge in [0.15, 0.2) is 6.10 Å². The highest BCUT2D eigenvalue weighted by atomic mass is 19.1. The van der Waals surface area contributed by atoms with Crippen LogP contribution in [0.4, 0.5) is 14.5 Å². The summed E-state index contributed by atoms with van der Waals surface area (Å²) in [4.78, 5) is 12.9. The van der Waals surface area contributed by atoms with Crippen molar-refractivity contribution in [1.82, 2.24) is 0 Å². The fourth-order valence-electron chi connectivity index (χ4n) is 4.06. The van der Waals surface area contributed by atoms with E-state index in [1.807, 2.05) is 45.9 Å². The molecular weight excluding hydrogens is 452 g/mol. The highest BCUT2D eigenvalue weighted by Gasteiger charge is 2.48. The van der Waals surface area contributed by atoms with Gasteiger partial charge in [-0.25, -0.2) is 13.6 Å². The number of ether oxygens (including phenoxy) is 3. The van der Waals surface area contributed by atoms with Crippen LogP contribution in [0.1, 0.15) is 55.3 Å². The summed E-state index contributed by atoms with van der Waals surface area (Å²) in [6, 6.07) is 17.2. The van der Waals surface area contributed by atoms with Gasteiger partial charge in [-0.05, 0) is 87.9 Å². The molecule has 1 N–H and O–H groups in total. The zero-order valence-electron chi connectivity index (χ0n) is 20.2. The SMILES string of the molecule is CC(C)OC1c2cc(NCc3ccc(F)cc3)ccc2OC(C)(C)C1OC(=O)c1ccc(F)cc1. The Morgan fingerprint density at radius 3 is 2.26 bits per heavy atom. The molecule has 5 nitrogen and oxygen atoms in total. The Balaban J connectivity index is 1.61. The molecule has 0 fully saturated rings. The monoisotopic (exact) mass is 481 g/mol. The number of hydrogen-bond donors (Lipinski definition) is 1. The van der Waals surface area contributed by atoms with Crippen LogP contribution in [0, 0.1) is 11.6 Å². The summed E-state index contributed by atoms with van der Waals surface area (Å²) in [6.07, 6.45) is -1.50. The molecular formula is C28H29F2NO4. The molecule has 4 rings (SSSR count). The lowest BCUT2D eigenvalue weighted by atomic mass is 9.87. The summed E-state index contributed by atoms with van der Waals surface area (Å²) in [5.74, 6) is -0.657. The van der Waals surface area contributed by atoms with Crippen LogP contribution in [0.5, 0.6) is 5.75 Å². The Kier molecular flexibility index (Phi) is 7.08. The third-order valence-electron chi connectivity index (χ3n) is 5.79. The zero-order chi connectivity index (χ0) is 25.2. The Hall–Kier alpha value is -3.45. The molecule has 0 aliphatic carbocycles. The molecule has 0 bridgehead atoms. The topological polar surface area (TPSA) is 56.8 Å². The van der Waals surface area contributed by atoms with Gasteiger partial charge in [-0.1, -0.05) is 12.1 Å². The summed E-state index contributed by atoms with van der Waals surface area (Å²) in [7, 11) is 0. The predicted octanol–water partition coefficient (Wildman–Crippen LogP) is 6.44. The van der Waals surface area contributed by atoms with Crippen LogP contribution in [0.25, 0.3) is 0 Å². The first-order chi connectivity index (χ1) is 16.6. The first-order valence-corrected chi connectivity index (χ1v) is 11.6. The molecule has 184 valence electrons. The fourth-order valence-corrected chi connectivity index (χ4v) is 4.06. The van der Waals surface area contributed by atoms with Crippen LogP contribution in [-0.2, 0) is 16.0 Å². The van der Waals surface area contributed by atoms with Gasteiger partial charge in [0.05, 0.1) is 11.7 Å². The smallest absolute Gasteiger partial charge is 0.338 e. The molecule has 0 aromatic heterocycles. The van der Waals surface area contributed by atoms with Crippen molar-refractivity contribution in [2.45, 2.75) is 58.2 Å². The summed E-state index contributed by atoms with van der Waals surface area (Å²) in [5.41, 5.74) is 1.86. The van der Waals surface area contributed by atoms with Gasteiger partial charge in [-0.15, -0.1) is 0 Å². The van der Waals surface area contributed by atoms with E-state index in [0.717, 1.165) is 16.8 Å². The molecule has 1 heterocycles. The Morgan fingerprint density at radius 2 is 1.63 bits per heavy atom. The van der Waals surface area contributed by atoms with Gasteiger partial charge in [-0.2, -0.15) is 0 Å². The van der Waals surface area contributed by atoms with E-state index in [-0.39, 0.29) is 17.5 Å². The Labute approximate surface area is 204 Å². The Morgan fingerprint density at radius 1 is 1.00 bits per heavy atom. The largest absolute Gasteiger partial charge is 0.483 e. The number of fused-ring (bicyclic) bond motifs is 1. The number of hydrogen-bond acceptors (Lipinski definition) is 5. The predicted molar refractivity (Wildman–Crippen MR) is 129 cm³/mol. The van der Waals surface area contributed by atoms with Crippen molar-refractivity contribution in [1.29, 1.82) is 0 Å². The minimum atomic E-state index is -0.884. The summed E-state index contributed by atoms with van der Waals surface area (Å²) < 4.78 is 44.9. The maximum absolute atomic E-state index is 13.3. The third kappa shape index (κ3) is 5.80. The molecule has 3 aromatic carbocycles. The number of anilines is 1. The van der Waals surface area contributed by atoms with Gasteiger partial charge < -0.3 is 19.5 Å². The number of benzene rings is 3. The molecule has 1 aliphatic heterocycles. The lowest BCUT2D eigenvalue weighted by Gasteiger charge is -2.44. The average molecular weight is 482 g/mol. The summed E-state index contributed by atoms with van der Waals surface area (Å²) >= 11 is 0. The van der Waals surface area contributed by atoms with Crippen molar-refractivity contribution in [2.75, 3.05) is 5.32 Å². The average Bonchev–Trinajstić information content (AvgIpc) is 2.81. The number of halogens is 2. The van der Waals surface area contributed by atoms with Crippen LogP contribution < -0.4 is 10.1 Å². The highest BCUT2D eigenvalue weighted by Crippen LogP contribution is 2.45. The van der Waals surface area contributed by atoms with E-state index in [4.69, 9.17) is 14.2 Å². The molecule has 0 spiro atoms. The molecule has 3 aromatic rings. The second-order valence-corrected chi connectivity index (χ2v) is 9.38. The minimum absolute atomic E-state index is 0.149. The van der Waals surface area contributed by atoms with Crippen LogP contribution in [-0.4, -0.2) is 23.8 Å². The third-order valence-corrected chi connectivity index (χ3v) is 5.79. The maximum atomic E-state index is 13.3. The van der Waals surface area contributed by atoms with E-state index >= 15 is 0 Å². The summed E-state index contributed by atoms with van der Waals surface area (Å²) in [5, 5.41) is 3.34. The van der Waals surface area contributed by atoms with E-state index in [1.54, 1.807) is 12.1 Å². The second-order valence-electron chi connectivity index (χ2n) is 9.38. The number of carbonyl (C=O) groups is 1. The number of esters is 1. The lowest BCUT2D eigenvalue weighted by Crippen LogP contribution is -2.52. The maximum Gasteiger partial charge on any atom is 0.338 e. The highest BCUT2D eigenvalue weighted by molar-refractivity contribution is 5.89. The molecule has 2 atom stereocenters. The van der Waals surface area contributed by atoms with E-state index < -0.39 is 29.6 Å². The van der Waals surface area contributed by atoms with Gasteiger partial charge in [0.25, 0.3) is 0 Å². The first-order valence-electron chi connectivity index (χ1n) is 11.6. The van der Waals surface area contributed by atoms with Gasteiger partial charge in [0, 0.05) is 17.8 Å². The number of rotatable bonds is 7. The van der Waals surface area contributed by atoms with Gasteiger partial charge in [0.2, 0.25) is 0 Å². The van der Waals surface area contributed by atoms with Crippen molar-refractivity contribution in [3.63, 3.8) is 0 Å². The van der Waals surface area contributed by atoms with E-state index in [1.165, 1.54) is 36.4 Å². The molecule has 35 heavy (non-hydrogen) atoms. The van der Waals surface area contributed by atoms with Crippen LogP contribution >= 0.6 is 0 Å². The van der Waals surface area contributed by atoms with E-state index in [0.29, 0.717) is 12.3 Å². The molecule has 0 radical (unpaired) electrons. The molecule has 0 amide bonds. The normalized spacial score (nSPS) is 18.5. The van der Waals surface area contributed by atoms with Crippen molar-refractivity contribution >= 4 is 11.7 Å². The Bertz CT molecular complexity index is 1180. The standard InChI is InChI=1S/C28H29F2NO4/c1-17(2)33-25-23-15-22(31-16-18-5-9-20(29)10-6-18)13-14-24(23)35-28(3,4)26(25)34-27(32)19-7-11-21(30)12-8-19/h5-15,17,25-26,31H,16H2,1-4H3. The number of nitrogens with one attached hydrogen (secondary N) is 1. The zero-order valence-corrected chi connectivity index (χ0v) is 20.2. The van der Waals surface area contributed by atoms with Crippen molar-refractivity contribution in [3.8, 4) is 5.75 Å². The first kappa shape index (κ1) is 24.7. The van der Waals surface area contributed by atoms with Crippen LogP contribution in [0.2, 0.25) is 0 Å². The van der Waals surface area contributed by atoms with E-state index in [2.05, 4.69) is 5.32 Å². The summed E-state index contributed by atoms with van der Waals surface area (Å²) in [6.45, 7) is 8.02. The van der Waals surface area contributed by atoms with Crippen molar-refractivity contribution < 1.29 is 27.8 Å². The quantitative estimate of drug-likeness (QED) is 0.394. The van der Waals surface area contributed by atoms with Crippen LogP contribution in [0.15, 0.2) is 66.7 Å². The molecule has 0 saturated heterocycles. The lowest BCUT2D eigenvalue weighted by molar-refractivity contribution is -0.151.